The highest BCUT2D eigenvalue weighted by Gasteiger charge is 2.50. The second kappa shape index (κ2) is 10.7. The molecule has 2 heterocycles. The van der Waals surface area contributed by atoms with Crippen LogP contribution in [0.25, 0.3) is 10.8 Å². The van der Waals surface area contributed by atoms with Gasteiger partial charge in [-0.2, -0.15) is 0 Å². The summed E-state index contributed by atoms with van der Waals surface area (Å²) in [4.78, 5) is 40.7. The molecule has 3 aliphatic rings. The number of cyclic esters (lactones) is 1. The van der Waals surface area contributed by atoms with E-state index in [0.717, 1.165) is 72.5 Å². The smallest absolute Gasteiger partial charge is 0.407 e. The van der Waals surface area contributed by atoms with Gasteiger partial charge in [0.2, 0.25) is 5.91 Å². The molecule has 1 saturated heterocycles. The van der Waals surface area contributed by atoms with Crippen LogP contribution in [0.15, 0.2) is 30.3 Å². The largest absolute Gasteiger partial charge is 0.496 e. The maximum atomic E-state index is 14.0. The minimum absolute atomic E-state index is 0.200. The van der Waals surface area contributed by atoms with Gasteiger partial charge in [-0.15, -0.1) is 0 Å². The Morgan fingerprint density at radius 2 is 1.82 bits per heavy atom. The molecule has 5 bridgehead atoms. The van der Waals surface area contributed by atoms with Crippen LogP contribution in [0, 0.1) is 10.8 Å². The SMILES string of the molecule is COc1cc2ccc3cc2cc1CCCC1(CCOC(=O)N[C@@H](C(C)(C)C)C(=O)N2C[C@@]3(OC)C[C@H]2C=O)CC1. The van der Waals surface area contributed by atoms with Crippen molar-refractivity contribution in [3.63, 3.8) is 0 Å². The van der Waals surface area contributed by atoms with Crippen LogP contribution in [0.3, 0.4) is 0 Å². The Kier molecular flexibility index (Phi) is 7.59. The van der Waals surface area contributed by atoms with Gasteiger partial charge in [-0.05, 0) is 89.5 Å². The molecule has 1 N–H and O–H groups in total. The molecule has 40 heavy (non-hydrogen) atoms. The number of aldehydes is 1. The number of fused-ring (bicyclic) bond motifs is 5. The number of alkyl carbamates (subject to hydrolysis) is 1. The Morgan fingerprint density at radius 1 is 1.05 bits per heavy atom. The maximum Gasteiger partial charge on any atom is 0.407 e. The Bertz CT molecular complexity index is 1300. The van der Waals surface area contributed by atoms with Crippen molar-refractivity contribution in [2.75, 3.05) is 27.4 Å². The van der Waals surface area contributed by atoms with E-state index in [4.69, 9.17) is 14.2 Å². The van der Waals surface area contributed by atoms with Crippen molar-refractivity contribution < 1.29 is 28.6 Å². The first-order valence-corrected chi connectivity index (χ1v) is 14.4. The van der Waals surface area contributed by atoms with Crippen LogP contribution in [0.1, 0.15) is 70.4 Å². The highest BCUT2D eigenvalue weighted by atomic mass is 16.5. The predicted octanol–water partition coefficient (Wildman–Crippen LogP) is 5.14. The first-order valence-electron chi connectivity index (χ1n) is 14.4. The van der Waals surface area contributed by atoms with Crippen molar-refractivity contribution in [3.8, 4) is 5.75 Å². The van der Waals surface area contributed by atoms with Gasteiger partial charge >= 0.3 is 6.09 Å². The van der Waals surface area contributed by atoms with Crippen LogP contribution in [0.4, 0.5) is 4.79 Å². The summed E-state index contributed by atoms with van der Waals surface area (Å²) in [5.74, 6) is 0.564. The van der Waals surface area contributed by atoms with Gasteiger partial charge in [0.15, 0.2) is 0 Å². The van der Waals surface area contributed by atoms with E-state index in [1.807, 2.05) is 26.8 Å². The van der Waals surface area contributed by atoms with Crippen molar-refractivity contribution in [2.45, 2.75) is 83.4 Å². The van der Waals surface area contributed by atoms with E-state index in [-0.39, 0.29) is 17.9 Å². The van der Waals surface area contributed by atoms with Crippen molar-refractivity contribution in [3.05, 3.63) is 41.5 Å². The van der Waals surface area contributed by atoms with E-state index in [1.165, 1.54) is 0 Å². The highest BCUT2D eigenvalue weighted by molar-refractivity contribution is 5.89. The molecule has 2 aliphatic heterocycles. The number of aryl methyl sites for hydroxylation is 1. The number of carbonyl (C=O) groups excluding carboxylic acids is 3. The van der Waals surface area contributed by atoms with Gasteiger partial charge in [0.1, 0.15) is 23.7 Å². The number of amides is 2. The number of hydrogen-bond donors (Lipinski definition) is 1. The minimum atomic E-state index is -0.862. The number of benzene rings is 2. The average molecular weight is 551 g/mol. The van der Waals surface area contributed by atoms with Gasteiger partial charge in [-0.3, -0.25) is 4.79 Å². The fraction of sp³-hybridized carbons (Fsp3) is 0.594. The van der Waals surface area contributed by atoms with Crippen LogP contribution >= 0.6 is 0 Å². The molecule has 8 heteroatoms. The lowest BCUT2D eigenvalue weighted by molar-refractivity contribution is -0.139. The molecule has 8 nitrogen and oxygen atoms in total. The molecule has 2 aromatic carbocycles. The molecule has 2 aromatic rings. The van der Waals surface area contributed by atoms with Gasteiger partial charge in [0.25, 0.3) is 0 Å². The molecule has 0 radical (unpaired) electrons. The number of methoxy groups -OCH3 is 2. The van der Waals surface area contributed by atoms with Gasteiger partial charge in [-0.25, -0.2) is 4.79 Å². The molecular formula is C32H42N2O6. The van der Waals surface area contributed by atoms with Crippen LogP contribution in [-0.4, -0.2) is 62.6 Å². The molecule has 3 atom stereocenters. The van der Waals surface area contributed by atoms with Crippen molar-refractivity contribution in [2.24, 2.45) is 10.8 Å². The zero-order valence-corrected chi connectivity index (χ0v) is 24.4. The molecule has 1 saturated carbocycles. The summed E-state index contributed by atoms with van der Waals surface area (Å²) in [6, 6.07) is 8.92. The topological polar surface area (TPSA) is 94.2 Å². The fourth-order valence-electron chi connectivity index (χ4n) is 6.53. The second-order valence-corrected chi connectivity index (χ2v) is 13.0. The Morgan fingerprint density at radius 3 is 2.48 bits per heavy atom. The van der Waals surface area contributed by atoms with Crippen LogP contribution < -0.4 is 10.1 Å². The van der Waals surface area contributed by atoms with Crippen molar-refractivity contribution >= 4 is 29.1 Å². The normalized spacial score (nSPS) is 27.2. The summed E-state index contributed by atoms with van der Waals surface area (Å²) in [5, 5.41) is 4.96. The van der Waals surface area contributed by atoms with E-state index in [0.29, 0.717) is 13.0 Å². The third-order valence-electron chi connectivity index (χ3n) is 9.31. The third-order valence-corrected chi connectivity index (χ3v) is 9.31. The van der Waals surface area contributed by atoms with Gasteiger partial charge in [0, 0.05) is 13.5 Å². The van der Waals surface area contributed by atoms with Crippen LogP contribution in [0.2, 0.25) is 0 Å². The van der Waals surface area contributed by atoms with Crippen molar-refractivity contribution in [1.82, 2.24) is 10.2 Å². The summed E-state index contributed by atoms with van der Waals surface area (Å²) in [6.45, 7) is 6.21. The maximum absolute atomic E-state index is 14.0. The highest BCUT2D eigenvalue weighted by Crippen LogP contribution is 2.53. The molecule has 2 amide bonds. The number of nitrogens with one attached hydrogen (secondary N) is 1. The van der Waals surface area contributed by atoms with E-state index < -0.39 is 29.2 Å². The molecule has 5 rings (SSSR count). The van der Waals surface area contributed by atoms with E-state index in [1.54, 1.807) is 19.1 Å². The summed E-state index contributed by atoms with van der Waals surface area (Å²) in [5.41, 5.74) is 0.823. The zero-order valence-electron chi connectivity index (χ0n) is 24.4. The molecule has 216 valence electrons. The molecular weight excluding hydrogens is 508 g/mol. The average Bonchev–Trinajstić information content (AvgIpc) is 3.58. The summed E-state index contributed by atoms with van der Waals surface area (Å²) in [7, 11) is 3.33. The molecule has 1 spiro atoms. The van der Waals surface area contributed by atoms with Crippen molar-refractivity contribution in [1.29, 1.82) is 0 Å². The zero-order chi connectivity index (χ0) is 28.7. The van der Waals surface area contributed by atoms with E-state index >= 15 is 0 Å². The van der Waals surface area contributed by atoms with Gasteiger partial charge in [-0.1, -0.05) is 32.9 Å². The second-order valence-electron chi connectivity index (χ2n) is 13.0. The molecule has 0 aromatic heterocycles. The molecule has 1 aliphatic carbocycles. The first kappa shape index (κ1) is 28.4. The van der Waals surface area contributed by atoms with Crippen LogP contribution in [-0.2, 0) is 31.1 Å². The Balaban J connectivity index is 1.57. The monoisotopic (exact) mass is 550 g/mol. The third kappa shape index (κ3) is 5.42. The first-order chi connectivity index (χ1) is 19.0. The lowest BCUT2D eigenvalue weighted by Crippen LogP contribution is -2.56. The number of rotatable bonds is 3. The number of carbonyl (C=O) groups is 3. The summed E-state index contributed by atoms with van der Waals surface area (Å²) in [6.07, 6.45) is 6.60. The van der Waals surface area contributed by atoms with E-state index in [9.17, 15) is 14.4 Å². The van der Waals surface area contributed by atoms with Gasteiger partial charge < -0.3 is 29.2 Å². The lowest BCUT2D eigenvalue weighted by Gasteiger charge is -2.35. The Hall–Kier alpha value is -3.13. The molecule has 0 unspecified atom stereocenters. The fourth-order valence-corrected chi connectivity index (χ4v) is 6.53. The number of hydrogen-bond acceptors (Lipinski definition) is 6. The minimum Gasteiger partial charge on any atom is -0.496 e. The quantitative estimate of drug-likeness (QED) is 0.532. The summed E-state index contributed by atoms with van der Waals surface area (Å²) < 4.78 is 17.5. The lowest BCUT2D eigenvalue weighted by atomic mass is 9.85. The predicted molar refractivity (Wildman–Crippen MR) is 152 cm³/mol. The molecule has 2 fully saturated rings. The Labute approximate surface area is 236 Å². The van der Waals surface area contributed by atoms with Crippen LogP contribution in [0.5, 0.6) is 5.75 Å². The standard InChI is InChI=1S/C32H42N2O6/c1-30(2,3)27-28(36)34-20-32(39-5,18-25(34)19-35)24-9-8-21-17-26(38-4)22(15-23(21)16-24)7-6-10-31(11-12-31)13-14-40-29(37)33-27/h8-9,15-17,19,25,27H,6-7,10-14,18,20H2,1-5H3,(H,33,37)/t25-,27+,32-/m0/s1. The van der Waals surface area contributed by atoms with E-state index in [2.05, 4.69) is 29.6 Å². The number of ether oxygens (including phenoxy) is 3. The van der Waals surface area contributed by atoms with Gasteiger partial charge in [0.05, 0.1) is 26.3 Å². The summed E-state index contributed by atoms with van der Waals surface area (Å²) >= 11 is 0. The number of nitrogens with zero attached hydrogens (tertiary/aromatic N) is 1.